The maximum Gasteiger partial charge on any atom is 0.303 e. The van der Waals surface area contributed by atoms with Crippen molar-refractivity contribution in [2.24, 2.45) is 0 Å². The van der Waals surface area contributed by atoms with Gasteiger partial charge in [-0.15, -0.1) is 0 Å². The van der Waals surface area contributed by atoms with Crippen LogP contribution < -0.4 is 15.4 Å². The number of benzene rings is 3. The topological polar surface area (TPSA) is 105 Å². The van der Waals surface area contributed by atoms with Gasteiger partial charge < -0.3 is 20.5 Å². The van der Waals surface area contributed by atoms with Gasteiger partial charge >= 0.3 is 5.97 Å². The van der Waals surface area contributed by atoms with E-state index < -0.39 is 5.97 Å². The smallest absolute Gasteiger partial charge is 0.303 e. The molecule has 0 bridgehead atoms. The molecule has 3 N–H and O–H groups in total. The largest absolute Gasteiger partial charge is 0.488 e. The Morgan fingerprint density at radius 3 is 2.52 bits per heavy atom. The first-order chi connectivity index (χ1) is 16.0. The van der Waals surface area contributed by atoms with Gasteiger partial charge in [0.1, 0.15) is 12.4 Å². The molecule has 0 fully saturated rings. The van der Waals surface area contributed by atoms with Crippen molar-refractivity contribution >= 4 is 35.2 Å². The lowest BCUT2D eigenvalue weighted by Gasteiger charge is -2.18. The lowest BCUT2D eigenvalue weighted by Crippen LogP contribution is -2.23. The molecule has 3 aromatic carbocycles. The summed E-state index contributed by atoms with van der Waals surface area (Å²) in [6, 6.07) is 21.2. The van der Waals surface area contributed by atoms with Gasteiger partial charge in [-0.1, -0.05) is 42.5 Å². The second-order valence-corrected chi connectivity index (χ2v) is 7.54. The number of amides is 2. The number of hydrogen-bond acceptors (Lipinski definition) is 4. The molecule has 0 saturated heterocycles. The number of ether oxygens (including phenoxy) is 1. The van der Waals surface area contributed by atoms with Crippen LogP contribution in [0.3, 0.4) is 0 Å². The fraction of sp³-hybridized carbons (Fsp3) is 0.115. The van der Waals surface area contributed by atoms with Gasteiger partial charge in [-0.05, 0) is 48.4 Å². The minimum absolute atomic E-state index is 0.0102. The number of anilines is 2. The molecule has 1 aliphatic rings. The van der Waals surface area contributed by atoms with Crippen LogP contribution >= 0.6 is 0 Å². The van der Waals surface area contributed by atoms with Crippen molar-refractivity contribution in [1.29, 1.82) is 0 Å². The molecular formula is C26H22N2O5. The van der Waals surface area contributed by atoms with E-state index in [0.29, 0.717) is 28.9 Å². The molecule has 0 spiro atoms. The molecule has 1 aliphatic heterocycles. The van der Waals surface area contributed by atoms with Crippen LogP contribution in [0.4, 0.5) is 11.4 Å². The van der Waals surface area contributed by atoms with Crippen molar-refractivity contribution in [1.82, 2.24) is 0 Å². The van der Waals surface area contributed by atoms with Crippen LogP contribution in [0.1, 0.15) is 27.9 Å². The van der Waals surface area contributed by atoms with Gasteiger partial charge in [0.15, 0.2) is 0 Å². The van der Waals surface area contributed by atoms with E-state index in [4.69, 9.17) is 9.84 Å². The first-order valence-electron chi connectivity index (χ1n) is 10.4. The van der Waals surface area contributed by atoms with Gasteiger partial charge in [0, 0.05) is 17.7 Å². The van der Waals surface area contributed by atoms with Gasteiger partial charge in [0.2, 0.25) is 0 Å². The van der Waals surface area contributed by atoms with E-state index in [9.17, 15) is 14.4 Å². The zero-order valence-electron chi connectivity index (χ0n) is 17.7. The van der Waals surface area contributed by atoms with Crippen LogP contribution in [0.15, 0.2) is 78.4 Å². The molecule has 0 atom stereocenters. The summed E-state index contributed by atoms with van der Waals surface area (Å²) in [5.74, 6) is -0.892. The predicted molar refractivity (Wildman–Crippen MR) is 125 cm³/mol. The van der Waals surface area contributed by atoms with Crippen LogP contribution in [0.5, 0.6) is 5.75 Å². The normalized spacial score (nSPS) is 12.1. The second-order valence-electron chi connectivity index (χ2n) is 7.54. The van der Waals surface area contributed by atoms with Crippen molar-refractivity contribution in [3.05, 3.63) is 95.1 Å². The summed E-state index contributed by atoms with van der Waals surface area (Å²) < 4.78 is 5.65. The highest BCUT2D eigenvalue weighted by Gasteiger charge is 2.19. The van der Waals surface area contributed by atoms with Gasteiger partial charge in [-0.2, -0.15) is 0 Å². The third-order valence-corrected chi connectivity index (χ3v) is 5.16. The minimum atomic E-state index is -0.879. The zero-order chi connectivity index (χ0) is 23.2. The van der Waals surface area contributed by atoms with E-state index in [-0.39, 0.29) is 24.8 Å². The highest BCUT2D eigenvalue weighted by atomic mass is 16.5. The van der Waals surface area contributed by atoms with Crippen LogP contribution in [-0.2, 0) is 16.0 Å². The Balaban J connectivity index is 1.48. The molecular weight excluding hydrogens is 420 g/mol. The molecule has 0 aromatic heterocycles. The Hall–Kier alpha value is -4.39. The lowest BCUT2D eigenvalue weighted by atomic mass is 10.1. The van der Waals surface area contributed by atoms with E-state index in [1.807, 2.05) is 30.3 Å². The fourth-order valence-corrected chi connectivity index (χ4v) is 3.49. The Bertz CT molecular complexity index is 1250. The summed E-state index contributed by atoms with van der Waals surface area (Å²) in [6.07, 6.45) is 2.15. The third kappa shape index (κ3) is 5.46. The number of carboxylic acid groups (broad SMARTS) is 1. The van der Waals surface area contributed by atoms with Crippen LogP contribution in [0.2, 0.25) is 0 Å². The van der Waals surface area contributed by atoms with Gasteiger partial charge in [0.05, 0.1) is 16.8 Å². The molecule has 1 heterocycles. The highest BCUT2D eigenvalue weighted by molar-refractivity contribution is 6.13. The minimum Gasteiger partial charge on any atom is -0.488 e. The monoisotopic (exact) mass is 442 g/mol. The van der Waals surface area contributed by atoms with Gasteiger partial charge in [-0.3, -0.25) is 14.4 Å². The Kier molecular flexibility index (Phi) is 6.50. The number of rotatable bonds is 7. The number of aliphatic carboxylic acids is 1. The molecule has 0 aliphatic carbocycles. The van der Waals surface area contributed by atoms with Gasteiger partial charge in [-0.25, -0.2) is 0 Å². The molecule has 7 nitrogen and oxygen atoms in total. The molecule has 166 valence electrons. The van der Waals surface area contributed by atoms with E-state index in [2.05, 4.69) is 10.6 Å². The van der Waals surface area contributed by atoms with Crippen molar-refractivity contribution in [2.45, 2.75) is 12.8 Å². The summed E-state index contributed by atoms with van der Waals surface area (Å²) in [5, 5.41) is 14.5. The number of hydrogen-bond donors (Lipinski definition) is 3. The second kappa shape index (κ2) is 9.82. The van der Waals surface area contributed by atoms with Crippen molar-refractivity contribution in [3.63, 3.8) is 0 Å². The van der Waals surface area contributed by atoms with Crippen LogP contribution in [0.25, 0.3) is 6.08 Å². The van der Waals surface area contributed by atoms with E-state index in [1.54, 1.807) is 48.5 Å². The number of aryl methyl sites for hydroxylation is 1. The maximum absolute atomic E-state index is 12.9. The van der Waals surface area contributed by atoms with Crippen molar-refractivity contribution < 1.29 is 24.2 Å². The van der Waals surface area contributed by atoms with Crippen molar-refractivity contribution in [3.8, 4) is 5.75 Å². The Labute approximate surface area is 190 Å². The molecule has 3 aromatic rings. The third-order valence-electron chi connectivity index (χ3n) is 5.16. The van der Waals surface area contributed by atoms with Gasteiger partial charge in [0.25, 0.3) is 11.8 Å². The van der Waals surface area contributed by atoms with E-state index >= 15 is 0 Å². The molecule has 4 rings (SSSR count). The summed E-state index contributed by atoms with van der Waals surface area (Å²) in [7, 11) is 0. The molecule has 7 heteroatoms. The zero-order valence-corrected chi connectivity index (χ0v) is 17.7. The highest BCUT2D eigenvalue weighted by Crippen LogP contribution is 2.27. The summed E-state index contributed by atoms with van der Waals surface area (Å²) in [5.41, 5.74) is 3.31. The predicted octanol–water partition coefficient (Wildman–Crippen LogP) is 4.37. The number of carboxylic acids is 1. The molecule has 33 heavy (non-hydrogen) atoms. The van der Waals surface area contributed by atoms with Crippen LogP contribution in [-0.4, -0.2) is 29.5 Å². The molecule has 2 amide bonds. The summed E-state index contributed by atoms with van der Waals surface area (Å²) in [6.45, 7) is 0.139. The number of fused-ring (bicyclic) bond motifs is 1. The van der Waals surface area contributed by atoms with Crippen molar-refractivity contribution in [2.75, 3.05) is 17.2 Å². The van der Waals surface area contributed by atoms with E-state index in [0.717, 1.165) is 16.9 Å². The van der Waals surface area contributed by atoms with E-state index in [1.165, 1.54) is 0 Å². The molecule has 0 radical (unpaired) electrons. The maximum atomic E-state index is 12.9. The first kappa shape index (κ1) is 21.8. The lowest BCUT2D eigenvalue weighted by molar-refractivity contribution is -0.137. The number of carbonyl (C=O) groups is 3. The standard InChI is InChI=1S/C26H22N2O5/c29-24(30)13-12-17-6-5-8-20(14-17)27-26(32)21-9-2-3-10-22(21)28-25(31)19-15-18-7-1-4-11-23(18)33-16-19/h1-11,14-15H,12-13,16H2,(H,27,32)(H,28,31)(H,29,30). The first-order valence-corrected chi connectivity index (χ1v) is 10.4. The Morgan fingerprint density at radius 1 is 0.879 bits per heavy atom. The number of nitrogens with one attached hydrogen (secondary N) is 2. The molecule has 0 saturated carbocycles. The molecule has 0 unspecified atom stereocenters. The SMILES string of the molecule is O=C(O)CCc1cccc(NC(=O)c2ccccc2NC(=O)C2=Cc3ccccc3OC2)c1. The average Bonchev–Trinajstić information content (AvgIpc) is 2.83. The Morgan fingerprint density at radius 2 is 1.67 bits per heavy atom. The summed E-state index contributed by atoms with van der Waals surface area (Å²) >= 11 is 0. The number of carbonyl (C=O) groups excluding carboxylic acids is 2. The number of para-hydroxylation sites is 2. The van der Waals surface area contributed by atoms with Crippen LogP contribution in [0, 0.1) is 0 Å². The quantitative estimate of drug-likeness (QED) is 0.504. The fourth-order valence-electron chi connectivity index (χ4n) is 3.49. The average molecular weight is 442 g/mol. The summed E-state index contributed by atoms with van der Waals surface area (Å²) in [4.78, 5) is 36.6.